The minimum atomic E-state index is -1.41. The van der Waals surface area contributed by atoms with Gasteiger partial charge in [0.25, 0.3) is 0 Å². The molecule has 0 aliphatic carbocycles. The maximum Gasteiger partial charge on any atom is 0.163 e. The summed E-state index contributed by atoms with van der Waals surface area (Å²) in [5, 5.41) is 13.4. The van der Waals surface area contributed by atoms with Crippen molar-refractivity contribution in [3.05, 3.63) is 54.1 Å². The Kier molecular flexibility index (Phi) is 5.78. The van der Waals surface area contributed by atoms with Crippen LogP contribution in [0.5, 0.6) is 0 Å². The number of hydrogen-bond acceptors (Lipinski definition) is 6. The van der Waals surface area contributed by atoms with E-state index >= 15 is 0 Å². The molecule has 0 bridgehead atoms. The van der Waals surface area contributed by atoms with Gasteiger partial charge in [0.15, 0.2) is 5.65 Å². The number of rotatable bonds is 7. The van der Waals surface area contributed by atoms with Crippen molar-refractivity contribution in [1.29, 1.82) is 0 Å². The molecule has 1 saturated heterocycles. The molecule has 4 aromatic heterocycles. The van der Waals surface area contributed by atoms with Crippen LogP contribution in [0.2, 0.25) is 0 Å². The number of anilines is 2. The van der Waals surface area contributed by atoms with Gasteiger partial charge in [-0.2, -0.15) is 9.61 Å². The average molecular weight is 438 g/mol. The van der Waals surface area contributed by atoms with Crippen LogP contribution in [0, 0.1) is 5.92 Å². The maximum absolute atomic E-state index is 6.53. The predicted octanol–water partition coefficient (Wildman–Crippen LogP) is 2.47. The van der Waals surface area contributed by atoms with Crippen LogP contribution in [0.4, 0.5) is 11.6 Å². The third kappa shape index (κ3) is 4.44. The molecule has 10 heteroatoms. The molecule has 5 heterocycles. The van der Waals surface area contributed by atoms with Gasteiger partial charge in [-0.15, -0.1) is 0 Å². The van der Waals surface area contributed by atoms with E-state index in [1.807, 2.05) is 47.3 Å². The summed E-state index contributed by atoms with van der Waals surface area (Å²) in [5.41, 5.74) is 3.16. The second kappa shape index (κ2) is 8.74. The maximum atomic E-state index is 6.53. The lowest BCUT2D eigenvalue weighted by molar-refractivity contribution is 0.389. The van der Waals surface area contributed by atoms with E-state index in [-0.39, 0.29) is 5.92 Å². The summed E-state index contributed by atoms with van der Waals surface area (Å²) in [6.45, 7) is 7.26. The highest BCUT2D eigenvalue weighted by molar-refractivity contribution is 6.41. The molecule has 33 heavy (non-hydrogen) atoms. The van der Waals surface area contributed by atoms with Crippen LogP contribution in [-0.4, -0.2) is 59.3 Å². The molecule has 0 atom stereocenters. The molecule has 0 amide bonds. The Morgan fingerprint density at radius 2 is 2.03 bits per heavy atom. The summed E-state index contributed by atoms with van der Waals surface area (Å²) in [6.07, 6.45) is 7.92. The van der Waals surface area contributed by atoms with Gasteiger partial charge in [-0.1, -0.05) is 19.9 Å². The van der Waals surface area contributed by atoms with Crippen LogP contribution in [0.25, 0.3) is 11.3 Å². The normalized spacial score (nSPS) is 15.5. The number of aromatic nitrogens is 5. The Bertz CT molecular complexity index is 1220. The van der Waals surface area contributed by atoms with Gasteiger partial charge in [-0.25, -0.2) is 9.97 Å². The molecule has 1 aliphatic heterocycles. The quantitative estimate of drug-likeness (QED) is 0.385. The van der Waals surface area contributed by atoms with Gasteiger partial charge in [0.05, 0.1) is 27.6 Å². The van der Waals surface area contributed by atoms with E-state index in [9.17, 15) is 0 Å². The van der Waals surface area contributed by atoms with Crippen molar-refractivity contribution in [1.82, 2.24) is 29.3 Å². The molecule has 0 aromatic carbocycles. The van der Waals surface area contributed by atoms with Gasteiger partial charge in [0, 0.05) is 35.9 Å². The zero-order valence-corrected chi connectivity index (χ0v) is 19.1. The molecule has 0 unspecified atom stereocenters. The summed E-state index contributed by atoms with van der Waals surface area (Å²) in [5.74, 6) is 2.33. The summed E-state index contributed by atoms with van der Waals surface area (Å²) in [4.78, 5) is 9.47. The standard InChI is InChI=1S/C23H28B2N8/c1-15(2)17-13-28-33-21(11-19(30-22(17)33)27-12-16-6-8-26-9-7-16)31-23(24,25)18-14-32-10-4-3-5-20(32)29-18/h3-5,10-11,13-16,26,31H,6-9,12H2,1-2H3,(H,27,30). The minimum absolute atomic E-state index is 0.279. The highest BCUT2D eigenvalue weighted by Gasteiger charge is 2.25. The molecule has 5 rings (SSSR count). The number of hydrogen-bond donors (Lipinski definition) is 3. The Morgan fingerprint density at radius 3 is 2.79 bits per heavy atom. The van der Waals surface area contributed by atoms with Gasteiger partial charge < -0.3 is 20.4 Å². The van der Waals surface area contributed by atoms with E-state index in [2.05, 4.69) is 39.9 Å². The Hall–Kier alpha value is -3.00. The van der Waals surface area contributed by atoms with E-state index in [4.69, 9.17) is 20.7 Å². The fourth-order valence-electron chi connectivity index (χ4n) is 4.31. The highest BCUT2D eigenvalue weighted by Crippen LogP contribution is 2.27. The zero-order valence-electron chi connectivity index (χ0n) is 19.1. The molecule has 0 spiro atoms. The SMILES string of the molecule is [B]C([B])(Nc1cc(NCC2CCNCC2)nc2c(C(C)C)cnn12)c1cn2ccccc2n1. The Morgan fingerprint density at radius 1 is 1.21 bits per heavy atom. The van der Waals surface area contributed by atoms with Crippen molar-refractivity contribution in [3.63, 3.8) is 0 Å². The molecule has 8 nitrogen and oxygen atoms in total. The van der Waals surface area contributed by atoms with E-state index in [1.54, 1.807) is 4.52 Å². The topological polar surface area (TPSA) is 83.6 Å². The number of imidazole rings is 1. The first kappa shape index (κ1) is 21.8. The number of pyridine rings is 1. The Labute approximate surface area is 196 Å². The molecule has 1 aliphatic rings. The highest BCUT2D eigenvalue weighted by atomic mass is 15.3. The number of piperidine rings is 1. The fourth-order valence-corrected chi connectivity index (χ4v) is 4.31. The number of nitrogens with zero attached hydrogens (tertiary/aromatic N) is 5. The predicted molar refractivity (Wildman–Crippen MR) is 133 cm³/mol. The van der Waals surface area contributed by atoms with Crippen LogP contribution in [0.3, 0.4) is 0 Å². The summed E-state index contributed by atoms with van der Waals surface area (Å²) in [7, 11) is 13.1. The van der Waals surface area contributed by atoms with Crippen LogP contribution in [-0.2, 0) is 5.34 Å². The lowest BCUT2D eigenvalue weighted by Gasteiger charge is -2.27. The van der Waals surface area contributed by atoms with E-state index in [0.717, 1.165) is 55.2 Å². The smallest absolute Gasteiger partial charge is 0.163 e. The first-order valence-corrected chi connectivity index (χ1v) is 11.5. The van der Waals surface area contributed by atoms with Crippen LogP contribution in [0.15, 0.2) is 42.9 Å². The first-order valence-electron chi connectivity index (χ1n) is 11.5. The van der Waals surface area contributed by atoms with Crippen LogP contribution < -0.4 is 16.0 Å². The van der Waals surface area contributed by atoms with Gasteiger partial charge in [0.1, 0.15) is 17.3 Å². The molecule has 166 valence electrons. The van der Waals surface area contributed by atoms with Gasteiger partial charge in [-0.05, 0) is 49.9 Å². The average Bonchev–Trinajstić information content (AvgIpc) is 3.43. The van der Waals surface area contributed by atoms with Crippen LogP contribution >= 0.6 is 0 Å². The minimum Gasteiger partial charge on any atom is -0.376 e. The van der Waals surface area contributed by atoms with Gasteiger partial charge >= 0.3 is 0 Å². The van der Waals surface area contributed by atoms with Crippen molar-refractivity contribution in [2.24, 2.45) is 5.92 Å². The van der Waals surface area contributed by atoms with E-state index in [0.29, 0.717) is 17.4 Å². The van der Waals surface area contributed by atoms with Crippen molar-refractivity contribution in [3.8, 4) is 0 Å². The zero-order chi connectivity index (χ0) is 23.0. The Balaban J connectivity index is 1.48. The lowest BCUT2D eigenvalue weighted by Crippen LogP contribution is -2.37. The number of nitrogens with one attached hydrogen (secondary N) is 3. The van der Waals surface area contributed by atoms with Gasteiger partial charge in [-0.3, -0.25) is 0 Å². The van der Waals surface area contributed by atoms with E-state index < -0.39 is 5.34 Å². The largest absolute Gasteiger partial charge is 0.376 e. The fraction of sp³-hybridized carbons (Fsp3) is 0.435. The molecule has 4 radical (unpaired) electrons. The molecule has 3 N–H and O–H groups in total. The van der Waals surface area contributed by atoms with Crippen molar-refractivity contribution < 1.29 is 0 Å². The summed E-state index contributed by atoms with van der Waals surface area (Å²) >= 11 is 0. The second-order valence-corrected chi connectivity index (χ2v) is 9.18. The summed E-state index contributed by atoms with van der Waals surface area (Å²) < 4.78 is 3.65. The second-order valence-electron chi connectivity index (χ2n) is 9.18. The molecule has 0 saturated carbocycles. The summed E-state index contributed by atoms with van der Waals surface area (Å²) in [6, 6.07) is 7.69. The van der Waals surface area contributed by atoms with Crippen LogP contribution in [0.1, 0.15) is 43.9 Å². The van der Waals surface area contributed by atoms with E-state index in [1.165, 1.54) is 0 Å². The first-order chi connectivity index (χ1) is 15.9. The monoisotopic (exact) mass is 438 g/mol. The van der Waals surface area contributed by atoms with Crippen molar-refractivity contribution >= 4 is 38.6 Å². The molecular weight excluding hydrogens is 410 g/mol. The molecule has 4 aromatic rings. The molecular formula is C23H28B2N8. The third-order valence-corrected chi connectivity index (χ3v) is 6.27. The third-order valence-electron chi connectivity index (χ3n) is 6.27. The van der Waals surface area contributed by atoms with Crippen molar-refractivity contribution in [2.75, 3.05) is 30.3 Å². The molecule has 1 fully saturated rings. The van der Waals surface area contributed by atoms with Crippen molar-refractivity contribution in [2.45, 2.75) is 37.9 Å². The lowest BCUT2D eigenvalue weighted by atomic mass is 9.60. The van der Waals surface area contributed by atoms with Gasteiger partial charge in [0.2, 0.25) is 0 Å². The number of fused-ring (bicyclic) bond motifs is 2.